The normalized spacial score (nSPS) is 10.3. The highest BCUT2D eigenvalue weighted by Gasteiger charge is 2.11. The minimum atomic E-state index is -1.49. The lowest BCUT2D eigenvalue weighted by atomic mass is 10.2. The van der Waals surface area contributed by atoms with Gasteiger partial charge in [-0.2, -0.15) is 0 Å². The van der Waals surface area contributed by atoms with Crippen molar-refractivity contribution in [3.63, 3.8) is 0 Å². The van der Waals surface area contributed by atoms with Crippen LogP contribution in [0.4, 0.5) is 13.2 Å². The highest BCUT2D eigenvalue weighted by Crippen LogP contribution is 2.20. The molecule has 0 aromatic heterocycles. The molecule has 0 fully saturated rings. The first-order valence-corrected chi connectivity index (χ1v) is 4.98. The summed E-state index contributed by atoms with van der Waals surface area (Å²) in [6.45, 7) is 0.172. The molecule has 0 radical (unpaired) electrons. The van der Waals surface area contributed by atoms with Crippen molar-refractivity contribution in [2.24, 2.45) is 0 Å². The molecule has 0 aliphatic carbocycles. The molecule has 0 aliphatic heterocycles. The molecule has 0 bridgehead atoms. The van der Waals surface area contributed by atoms with Gasteiger partial charge in [0.15, 0.2) is 17.5 Å². The number of benzene rings is 2. The molecule has 2 aromatic carbocycles. The second-order valence-electron chi connectivity index (χ2n) is 3.48. The number of hydrogen-bond donors (Lipinski definition) is 0. The first-order valence-electron chi connectivity index (χ1n) is 4.98. The van der Waals surface area contributed by atoms with E-state index in [9.17, 15) is 13.2 Å². The summed E-state index contributed by atoms with van der Waals surface area (Å²) < 4.78 is 43.6. The molecular formula is C13H9F3O. The topological polar surface area (TPSA) is 9.23 Å². The Hall–Kier alpha value is -1.97. The summed E-state index contributed by atoms with van der Waals surface area (Å²) in [5, 5.41) is 0. The van der Waals surface area contributed by atoms with E-state index < -0.39 is 17.5 Å². The smallest absolute Gasteiger partial charge is 0.194 e. The Labute approximate surface area is 96.5 Å². The van der Waals surface area contributed by atoms with Gasteiger partial charge in [0.25, 0.3) is 0 Å². The van der Waals surface area contributed by atoms with Gasteiger partial charge in [0.2, 0.25) is 0 Å². The van der Waals surface area contributed by atoms with E-state index >= 15 is 0 Å². The van der Waals surface area contributed by atoms with Gasteiger partial charge in [-0.1, -0.05) is 30.3 Å². The fourth-order valence-corrected chi connectivity index (χ4v) is 1.36. The van der Waals surface area contributed by atoms with Crippen LogP contribution in [0.2, 0.25) is 0 Å². The van der Waals surface area contributed by atoms with Gasteiger partial charge in [0.1, 0.15) is 12.4 Å². The fourth-order valence-electron chi connectivity index (χ4n) is 1.36. The molecule has 0 amide bonds. The predicted octanol–water partition coefficient (Wildman–Crippen LogP) is 3.68. The molecule has 17 heavy (non-hydrogen) atoms. The fraction of sp³-hybridized carbons (Fsp3) is 0.0769. The zero-order valence-electron chi connectivity index (χ0n) is 8.79. The molecule has 2 rings (SSSR count). The van der Waals surface area contributed by atoms with Crippen LogP contribution in [-0.2, 0) is 6.61 Å². The van der Waals surface area contributed by atoms with Gasteiger partial charge in [-0.3, -0.25) is 0 Å². The quantitative estimate of drug-likeness (QED) is 0.741. The summed E-state index contributed by atoms with van der Waals surface area (Å²) in [5.41, 5.74) is 0.859. The molecular weight excluding hydrogens is 229 g/mol. The first-order chi connectivity index (χ1) is 8.16. The standard InChI is InChI=1S/C13H9F3O/c14-11-6-10(7-12(15)13(11)16)17-8-9-4-2-1-3-5-9/h1-7H,8H2. The zero-order chi connectivity index (χ0) is 12.3. The molecule has 0 heterocycles. The highest BCUT2D eigenvalue weighted by molar-refractivity contribution is 5.25. The molecule has 0 aliphatic rings. The van der Waals surface area contributed by atoms with E-state index in [0.29, 0.717) is 0 Å². The summed E-state index contributed by atoms with van der Waals surface area (Å²) in [5.74, 6) is -4.04. The summed E-state index contributed by atoms with van der Waals surface area (Å²) >= 11 is 0. The van der Waals surface area contributed by atoms with Crippen LogP contribution >= 0.6 is 0 Å². The molecule has 0 spiro atoms. The van der Waals surface area contributed by atoms with Gasteiger partial charge in [-0.05, 0) is 5.56 Å². The van der Waals surface area contributed by atoms with E-state index in [0.717, 1.165) is 17.7 Å². The Morgan fingerprint density at radius 1 is 0.882 bits per heavy atom. The molecule has 0 atom stereocenters. The van der Waals surface area contributed by atoms with Crippen LogP contribution in [0.15, 0.2) is 42.5 Å². The number of hydrogen-bond acceptors (Lipinski definition) is 1. The van der Waals surface area contributed by atoms with Crippen LogP contribution in [-0.4, -0.2) is 0 Å². The van der Waals surface area contributed by atoms with Crippen LogP contribution in [0.3, 0.4) is 0 Å². The number of ether oxygens (including phenoxy) is 1. The van der Waals surface area contributed by atoms with E-state index in [1.54, 1.807) is 0 Å². The molecule has 0 N–H and O–H groups in total. The minimum absolute atomic E-state index is 0.0368. The summed E-state index contributed by atoms with van der Waals surface area (Å²) in [6, 6.07) is 10.8. The van der Waals surface area contributed by atoms with Crippen LogP contribution in [0.5, 0.6) is 5.75 Å². The third-order valence-electron chi connectivity index (χ3n) is 2.21. The molecule has 88 valence electrons. The zero-order valence-corrected chi connectivity index (χ0v) is 8.79. The van der Waals surface area contributed by atoms with Crippen LogP contribution in [0.25, 0.3) is 0 Å². The SMILES string of the molecule is Fc1cc(OCc2ccccc2)cc(F)c1F. The van der Waals surface area contributed by atoms with Gasteiger partial charge in [-0.25, -0.2) is 13.2 Å². The average Bonchev–Trinajstić information content (AvgIpc) is 2.34. The van der Waals surface area contributed by atoms with E-state index in [2.05, 4.69) is 0 Å². The molecule has 1 nitrogen and oxygen atoms in total. The van der Waals surface area contributed by atoms with Crippen molar-refractivity contribution in [1.29, 1.82) is 0 Å². The second kappa shape index (κ2) is 4.91. The number of halogens is 3. The lowest BCUT2D eigenvalue weighted by Gasteiger charge is -2.07. The van der Waals surface area contributed by atoms with E-state index in [4.69, 9.17) is 4.74 Å². The average molecular weight is 238 g/mol. The monoisotopic (exact) mass is 238 g/mol. The van der Waals surface area contributed by atoms with Crippen LogP contribution < -0.4 is 4.74 Å². The van der Waals surface area contributed by atoms with Crippen LogP contribution in [0.1, 0.15) is 5.56 Å². The highest BCUT2D eigenvalue weighted by atomic mass is 19.2. The molecule has 4 heteroatoms. The largest absolute Gasteiger partial charge is 0.489 e. The van der Waals surface area contributed by atoms with Crippen molar-refractivity contribution in [2.45, 2.75) is 6.61 Å². The first kappa shape index (κ1) is 11.5. The Kier molecular flexibility index (Phi) is 3.32. The van der Waals surface area contributed by atoms with Crippen LogP contribution in [0, 0.1) is 17.5 Å². The maximum Gasteiger partial charge on any atom is 0.194 e. The van der Waals surface area contributed by atoms with Crippen molar-refractivity contribution in [3.05, 3.63) is 65.5 Å². The predicted molar refractivity (Wildman–Crippen MR) is 57.1 cm³/mol. The Bertz CT molecular complexity index is 488. The van der Waals surface area contributed by atoms with Gasteiger partial charge < -0.3 is 4.74 Å². The molecule has 0 saturated carbocycles. The lowest BCUT2D eigenvalue weighted by molar-refractivity contribution is 0.299. The van der Waals surface area contributed by atoms with Crippen molar-refractivity contribution < 1.29 is 17.9 Å². The lowest BCUT2D eigenvalue weighted by Crippen LogP contribution is -1.98. The summed E-state index contributed by atoms with van der Waals surface area (Å²) in [4.78, 5) is 0. The van der Waals surface area contributed by atoms with Gasteiger partial charge in [0.05, 0.1) is 0 Å². The van der Waals surface area contributed by atoms with E-state index in [1.165, 1.54) is 0 Å². The van der Waals surface area contributed by atoms with E-state index in [1.807, 2.05) is 30.3 Å². The minimum Gasteiger partial charge on any atom is -0.489 e. The summed E-state index contributed by atoms with van der Waals surface area (Å²) in [6.07, 6.45) is 0. The van der Waals surface area contributed by atoms with Crippen molar-refractivity contribution in [1.82, 2.24) is 0 Å². The Morgan fingerprint density at radius 3 is 2.06 bits per heavy atom. The third-order valence-corrected chi connectivity index (χ3v) is 2.21. The second-order valence-corrected chi connectivity index (χ2v) is 3.48. The van der Waals surface area contributed by atoms with Crippen molar-refractivity contribution in [3.8, 4) is 5.75 Å². The summed E-state index contributed by atoms with van der Waals surface area (Å²) in [7, 11) is 0. The van der Waals surface area contributed by atoms with Crippen molar-refractivity contribution in [2.75, 3.05) is 0 Å². The molecule has 0 unspecified atom stereocenters. The maximum atomic E-state index is 12.9. The van der Waals surface area contributed by atoms with Crippen molar-refractivity contribution >= 4 is 0 Å². The molecule has 2 aromatic rings. The Morgan fingerprint density at radius 2 is 1.47 bits per heavy atom. The van der Waals surface area contributed by atoms with E-state index in [-0.39, 0.29) is 12.4 Å². The molecule has 0 saturated heterocycles. The third kappa shape index (κ3) is 2.78. The number of rotatable bonds is 3. The van der Waals surface area contributed by atoms with Gasteiger partial charge in [-0.15, -0.1) is 0 Å². The van der Waals surface area contributed by atoms with Gasteiger partial charge >= 0.3 is 0 Å². The van der Waals surface area contributed by atoms with Gasteiger partial charge in [0, 0.05) is 12.1 Å². The Balaban J connectivity index is 2.10. The maximum absolute atomic E-state index is 12.9.